The van der Waals surface area contributed by atoms with Crippen LogP contribution < -0.4 is 4.74 Å². The monoisotopic (exact) mass is 262 g/mol. The first-order valence-corrected chi connectivity index (χ1v) is 6.69. The average Bonchev–Trinajstić information content (AvgIpc) is 2.69. The van der Waals surface area contributed by atoms with Gasteiger partial charge in [0.15, 0.2) is 11.5 Å². The smallest absolute Gasteiger partial charge is 0.164 e. The molecule has 1 aliphatic rings. The summed E-state index contributed by atoms with van der Waals surface area (Å²) in [4.78, 5) is 11.9. The Kier molecular flexibility index (Phi) is 3.52. The first-order valence-electron chi connectivity index (χ1n) is 6.69. The van der Waals surface area contributed by atoms with Crippen LogP contribution in [0.5, 0.6) is 5.75 Å². The summed E-state index contributed by atoms with van der Waals surface area (Å²) in [6, 6.07) is 0.236. The van der Waals surface area contributed by atoms with Crippen molar-refractivity contribution in [3.8, 4) is 5.75 Å². The molecule has 1 aromatic rings. The molecule has 0 fully saturated rings. The summed E-state index contributed by atoms with van der Waals surface area (Å²) in [7, 11) is 1.64. The van der Waals surface area contributed by atoms with Crippen molar-refractivity contribution in [3.63, 3.8) is 0 Å². The standard InChI is InChI=1S/C15H22N2O2/c1-10(2)17-14(13(19-5)9-16-17)11-6-12(18)8-15(3,4)7-11/h6,9-10H,7-8H2,1-5H3. The average molecular weight is 262 g/mol. The molecule has 2 rings (SSSR count). The summed E-state index contributed by atoms with van der Waals surface area (Å²) in [5.74, 6) is 0.926. The van der Waals surface area contributed by atoms with Gasteiger partial charge in [0.05, 0.1) is 13.3 Å². The highest BCUT2D eigenvalue weighted by molar-refractivity contribution is 5.99. The maximum Gasteiger partial charge on any atom is 0.164 e. The first-order chi connectivity index (χ1) is 8.84. The van der Waals surface area contributed by atoms with E-state index in [0.717, 1.165) is 23.4 Å². The molecule has 0 saturated carbocycles. The zero-order chi connectivity index (χ0) is 14.2. The van der Waals surface area contributed by atoms with Gasteiger partial charge in [-0.3, -0.25) is 9.48 Å². The normalized spacial score (nSPS) is 18.6. The third-order valence-corrected chi connectivity index (χ3v) is 3.43. The van der Waals surface area contributed by atoms with Gasteiger partial charge in [-0.15, -0.1) is 0 Å². The Labute approximate surface area is 114 Å². The van der Waals surface area contributed by atoms with Crippen LogP contribution in [0.3, 0.4) is 0 Å². The SMILES string of the molecule is COc1cnn(C(C)C)c1C1=CC(=O)CC(C)(C)C1. The topological polar surface area (TPSA) is 44.1 Å². The van der Waals surface area contributed by atoms with Crippen molar-refractivity contribution < 1.29 is 9.53 Å². The maximum atomic E-state index is 11.9. The number of ketones is 1. The molecule has 1 heterocycles. The molecule has 1 aromatic heterocycles. The molecule has 0 amide bonds. The van der Waals surface area contributed by atoms with Gasteiger partial charge in [-0.05, 0) is 37.3 Å². The second-order valence-electron chi connectivity index (χ2n) is 6.25. The molecule has 104 valence electrons. The predicted octanol–water partition coefficient (Wildman–Crippen LogP) is 3.25. The summed E-state index contributed by atoms with van der Waals surface area (Å²) in [6.45, 7) is 8.40. The molecule has 0 radical (unpaired) electrons. The summed E-state index contributed by atoms with van der Waals surface area (Å²) in [5.41, 5.74) is 1.97. The Morgan fingerprint density at radius 3 is 2.58 bits per heavy atom. The highest BCUT2D eigenvalue weighted by Crippen LogP contribution is 2.41. The third-order valence-electron chi connectivity index (χ3n) is 3.43. The lowest BCUT2D eigenvalue weighted by Gasteiger charge is -2.29. The van der Waals surface area contributed by atoms with Crippen molar-refractivity contribution in [1.29, 1.82) is 0 Å². The predicted molar refractivity (Wildman–Crippen MR) is 75.2 cm³/mol. The zero-order valence-corrected chi connectivity index (χ0v) is 12.4. The van der Waals surface area contributed by atoms with Crippen LogP contribution in [0.25, 0.3) is 5.57 Å². The Hall–Kier alpha value is -1.58. The lowest BCUT2D eigenvalue weighted by molar-refractivity contribution is -0.116. The fourth-order valence-corrected chi connectivity index (χ4v) is 2.69. The molecule has 19 heavy (non-hydrogen) atoms. The van der Waals surface area contributed by atoms with Gasteiger partial charge in [-0.25, -0.2) is 0 Å². The number of ether oxygens (including phenoxy) is 1. The van der Waals surface area contributed by atoms with Crippen molar-refractivity contribution in [3.05, 3.63) is 18.0 Å². The van der Waals surface area contributed by atoms with E-state index in [1.807, 2.05) is 4.68 Å². The van der Waals surface area contributed by atoms with E-state index in [-0.39, 0.29) is 17.2 Å². The molecular weight excluding hydrogens is 240 g/mol. The molecule has 0 bridgehead atoms. The van der Waals surface area contributed by atoms with Gasteiger partial charge in [0.1, 0.15) is 5.69 Å². The highest BCUT2D eigenvalue weighted by Gasteiger charge is 2.31. The van der Waals surface area contributed by atoms with E-state index in [2.05, 4.69) is 32.8 Å². The summed E-state index contributed by atoms with van der Waals surface area (Å²) in [5, 5.41) is 4.37. The van der Waals surface area contributed by atoms with Crippen molar-refractivity contribution in [2.75, 3.05) is 7.11 Å². The van der Waals surface area contributed by atoms with E-state index in [0.29, 0.717) is 6.42 Å². The Bertz CT molecular complexity index is 524. The van der Waals surface area contributed by atoms with Gasteiger partial charge in [0, 0.05) is 12.5 Å². The van der Waals surface area contributed by atoms with Crippen LogP contribution in [-0.4, -0.2) is 22.7 Å². The minimum absolute atomic E-state index is 0.00173. The first kappa shape index (κ1) is 13.8. The Morgan fingerprint density at radius 2 is 2.05 bits per heavy atom. The fourth-order valence-electron chi connectivity index (χ4n) is 2.69. The number of rotatable bonds is 3. The molecule has 4 heteroatoms. The van der Waals surface area contributed by atoms with Crippen molar-refractivity contribution in [1.82, 2.24) is 9.78 Å². The van der Waals surface area contributed by atoms with Gasteiger partial charge >= 0.3 is 0 Å². The molecular formula is C15H22N2O2. The highest BCUT2D eigenvalue weighted by atomic mass is 16.5. The van der Waals surface area contributed by atoms with Crippen LogP contribution in [0.4, 0.5) is 0 Å². The van der Waals surface area contributed by atoms with Gasteiger partial charge in [0.25, 0.3) is 0 Å². The molecule has 0 aliphatic heterocycles. The number of nitrogens with zero attached hydrogens (tertiary/aromatic N) is 2. The Morgan fingerprint density at radius 1 is 1.37 bits per heavy atom. The molecule has 0 spiro atoms. The quantitative estimate of drug-likeness (QED) is 0.840. The van der Waals surface area contributed by atoms with Crippen LogP contribution in [0, 0.1) is 5.41 Å². The molecule has 0 saturated heterocycles. The van der Waals surface area contributed by atoms with Gasteiger partial charge in [0.2, 0.25) is 0 Å². The van der Waals surface area contributed by atoms with Crippen LogP contribution in [0.15, 0.2) is 12.3 Å². The number of allylic oxidation sites excluding steroid dienone is 2. The van der Waals surface area contributed by atoms with E-state index in [9.17, 15) is 4.79 Å². The van der Waals surface area contributed by atoms with Crippen molar-refractivity contribution >= 4 is 11.4 Å². The lowest BCUT2D eigenvalue weighted by Crippen LogP contribution is -2.22. The van der Waals surface area contributed by atoms with Crippen molar-refractivity contribution in [2.24, 2.45) is 5.41 Å². The van der Waals surface area contributed by atoms with E-state index in [1.165, 1.54) is 0 Å². The van der Waals surface area contributed by atoms with E-state index < -0.39 is 0 Å². The number of carbonyl (C=O) groups is 1. The van der Waals surface area contributed by atoms with Crippen LogP contribution >= 0.6 is 0 Å². The van der Waals surface area contributed by atoms with E-state index in [4.69, 9.17) is 4.74 Å². The number of carbonyl (C=O) groups excluding carboxylic acids is 1. The minimum Gasteiger partial charge on any atom is -0.493 e. The number of hydrogen-bond acceptors (Lipinski definition) is 3. The molecule has 1 aliphatic carbocycles. The van der Waals surface area contributed by atoms with Gasteiger partial charge in [-0.1, -0.05) is 13.8 Å². The zero-order valence-electron chi connectivity index (χ0n) is 12.4. The third kappa shape index (κ3) is 2.72. The second-order valence-corrected chi connectivity index (χ2v) is 6.25. The van der Waals surface area contributed by atoms with Crippen LogP contribution in [0.2, 0.25) is 0 Å². The lowest BCUT2D eigenvalue weighted by atomic mass is 9.76. The molecule has 0 unspecified atom stereocenters. The Balaban J connectivity index is 2.51. The summed E-state index contributed by atoms with van der Waals surface area (Å²) >= 11 is 0. The summed E-state index contributed by atoms with van der Waals surface area (Å²) in [6.07, 6.45) is 4.95. The molecule has 0 N–H and O–H groups in total. The fraction of sp³-hybridized carbons (Fsp3) is 0.600. The van der Waals surface area contributed by atoms with Gasteiger partial charge in [-0.2, -0.15) is 5.10 Å². The second kappa shape index (κ2) is 4.83. The van der Waals surface area contributed by atoms with Crippen molar-refractivity contribution in [2.45, 2.75) is 46.6 Å². The van der Waals surface area contributed by atoms with E-state index in [1.54, 1.807) is 19.4 Å². The molecule has 4 nitrogen and oxygen atoms in total. The molecule has 0 aromatic carbocycles. The van der Waals surface area contributed by atoms with Crippen LogP contribution in [0.1, 0.15) is 52.3 Å². The maximum absolute atomic E-state index is 11.9. The van der Waals surface area contributed by atoms with E-state index >= 15 is 0 Å². The number of hydrogen-bond donors (Lipinski definition) is 0. The van der Waals surface area contributed by atoms with Crippen LogP contribution in [-0.2, 0) is 4.79 Å². The molecule has 0 atom stereocenters. The number of aromatic nitrogens is 2. The summed E-state index contributed by atoms with van der Waals surface area (Å²) < 4.78 is 7.33. The number of methoxy groups -OCH3 is 1. The van der Waals surface area contributed by atoms with Gasteiger partial charge < -0.3 is 4.74 Å². The largest absolute Gasteiger partial charge is 0.493 e. The minimum atomic E-state index is -0.00173.